The molecule has 0 amide bonds. The molecule has 0 radical (unpaired) electrons. The number of rotatable bonds is 3. The Morgan fingerprint density at radius 3 is 2.81 bits per heavy atom. The summed E-state index contributed by atoms with van der Waals surface area (Å²) in [6.07, 6.45) is 1.07. The Bertz CT molecular complexity index is 807. The van der Waals surface area contributed by atoms with Crippen molar-refractivity contribution in [3.05, 3.63) is 48.0 Å². The summed E-state index contributed by atoms with van der Waals surface area (Å²) >= 11 is 0. The highest BCUT2D eigenvalue weighted by Crippen LogP contribution is 2.29. The van der Waals surface area contributed by atoms with Gasteiger partial charge < -0.3 is 10.1 Å². The van der Waals surface area contributed by atoms with Crippen molar-refractivity contribution in [1.29, 1.82) is 0 Å². The Morgan fingerprint density at radius 1 is 1.14 bits per heavy atom. The van der Waals surface area contributed by atoms with Crippen LogP contribution < -0.4 is 10.1 Å². The van der Waals surface area contributed by atoms with E-state index in [0.29, 0.717) is 11.3 Å². The van der Waals surface area contributed by atoms with Crippen molar-refractivity contribution in [1.82, 2.24) is 15.0 Å². The summed E-state index contributed by atoms with van der Waals surface area (Å²) in [7, 11) is 1.65. The lowest BCUT2D eigenvalue weighted by Gasteiger charge is -2.09. The maximum atomic E-state index is 13.8. The normalized spacial score (nSPS) is 10.6. The van der Waals surface area contributed by atoms with Crippen LogP contribution in [-0.4, -0.2) is 22.0 Å². The molecule has 3 rings (SSSR count). The summed E-state index contributed by atoms with van der Waals surface area (Å²) in [6.45, 7) is 1.89. The molecule has 0 bridgehead atoms. The number of anilines is 1. The largest absolute Gasteiger partial charge is 0.434 e. The second-order valence-corrected chi connectivity index (χ2v) is 4.48. The van der Waals surface area contributed by atoms with E-state index in [9.17, 15) is 4.39 Å². The molecule has 0 atom stereocenters. The van der Waals surface area contributed by atoms with Crippen molar-refractivity contribution in [2.45, 2.75) is 6.92 Å². The standard InChI is InChI=1S/C15H13FN4O/c1-9-6-7-10-4-3-5-12(13(10)19-9)21-14-11(16)8-18-15(17-2)20-14/h3-8H,1-2H3,(H,17,18,20). The van der Waals surface area contributed by atoms with Crippen molar-refractivity contribution in [2.75, 3.05) is 12.4 Å². The fraction of sp³-hybridized carbons (Fsp3) is 0.133. The van der Waals surface area contributed by atoms with E-state index >= 15 is 0 Å². The first-order valence-corrected chi connectivity index (χ1v) is 6.42. The molecule has 3 aromatic rings. The third kappa shape index (κ3) is 2.60. The smallest absolute Gasteiger partial charge is 0.260 e. The second kappa shape index (κ2) is 5.32. The van der Waals surface area contributed by atoms with Crippen LogP contribution in [0, 0.1) is 12.7 Å². The predicted octanol–water partition coefficient (Wildman–Crippen LogP) is 3.31. The molecular formula is C15H13FN4O. The average Bonchev–Trinajstić information content (AvgIpc) is 2.50. The van der Waals surface area contributed by atoms with Crippen LogP contribution >= 0.6 is 0 Å². The lowest BCUT2D eigenvalue weighted by atomic mass is 10.2. The summed E-state index contributed by atoms with van der Waals surface area (Å²) < 4.78 is 19.4. The molecule has 1 N–H and O–H groups in total. The Morgan fingerprint density at radius 2 is 2.00 bits per heavy atom. The number of hydrogen-bond donors (Lipinski definition) is 1. The van der Waals surface area contributed by atoms with E-state index < -0.39 is 5.82 Å². The van der Waals surface area contributed by atoms with Crippen LogP contribution in [0.4, 0.5) is 10.3 Å². The second-order valence-electron chi connectivity index (χ2n) is 4.48. The number of para-hydroxylation sites is 1. The SMILES string of the molecule is CNc1ncc(F)c(Oc2cccc3ccc(C)nc23)n1. The van der Waals surface area contributed by atoms with Crippen LogP contribution in [0.5, 0.6) is 11.6 Å². The van der Waals surface area contributed by atoms with Gasteiger partial charge in [-0.05, 0) is 19.1 Å². The topological polar surface area (TPSA) is 59.9 Å². The Labute approximate surface area is 120 Å². The first-order chi connectivity index (χ1) is 10.2. The number of pyridine rings is 1. The number of nitrogens with zero attached hydrogens (tertiary/aromatic N) is 3. The third-order valence-electron chi connectivity index (χ3n) is 2.96. The molecule has 0 aliphatic carbocycles. The van der Waals surface area contributed by atoms with E-state index in [2.05, 4.69) is 20.3 Å². The number of halogens is 1. The molecule has 0 unspecified atom stereocenters. The van der Waals surface area contributed by atoms with Gasteiger partial charge in [0, 0.05) is 18.1 Å². The summed E-state index contributed by atoms with van der Waals surface area (Å²) in [4.78, 5) is 12.2. The molecule has 5 nitrogen and oxygen atoms in total. The maximum absolute atomic E-state index is 13.8. The number of aryl methyl sites for hydroxylation is 1. The van der Waals surface area contributed by atoms with Crippen LogP contribution in [0.2, 0.25) is 0 Å². The van der Waals surface area contributed by atoms with Gasteiger partial charge in [0.05, 0.1) is 6.20 Å². The number of ether oxygens (including phenoxy) is 1. The molecule has 0 saturated carbocycles. The number of nitrogens with one attached hydrogen (secondary N) is 1. The molecule has 0 aliphatic rings. The zero-order valence-corrected chi connectivity index (χ0v) is 11.6. The minimum absolute atomic E-state index is 0.134. The number of fused-ring (bicyclic) bond motifs is 1. The van der Waals surface area contributed by atoms with Gasteiger partial charge in [0.15, 0.2) is 5.75 Å². The van der Waals surface area contributed by atoms with E-state index in [4.69, 9.17) is 4.74 Å². The molecule has 21 heavy (non-hydrogen) atoms. The highest BCUT2D eigenvalue weighted by atomic mass is 19.1. The highest BCUT2D eigenvalue weighted by molar-refractivity contribution is 5.84. The molecule has 2 heterocycles. The van der Waals surface area contributed by atoms with E-state index in [0.717, 1.165) is 17.3 Å². The third-order valence-corrected chi connectivity index (χ3v) is 2.96. The number of aromatic nitrogens is 3. The lowest BCUT2D eigenvalue weighted by Crippen LogP contribution is -2.00. The van der Waals surface area contributed by atoms with Gasteiger partial charge in [0.2, 0.25) is 11.8 Å². The fourth-order valence-corrected chi connectivity index (χ4v) is 1.95. The van der Waals surface area contributed by atoms with Gasteiger partial charge in [-0.25, -0.2) is 9.97 Å². The molecular weight excluding hydrogens is 271 g/mol. The van der Waals surface area contributed by atoms with E-state index in [1.165, 1.54) is 0 Å². The zero-order chi connectivity index (χ0) is 14.8. The molecule has 0 saturated heterocycles. The Kier molecular flexibility index (Phi) is 3.35. The van der Waals surface area contributed by atoms with E-state index in [1.807, 2.05) is 31.2 Å². The molecule has 106 valence electrons. The zero-order valence-electron chi connectivity index (χ0n) is 11.6. The van der Waals surface area contributed by atoms with Crippen molar-refractivity contribution >= 4 is 16.9 Å². The van der Waals surface area contributed by atoms with Crippen LogP contribution in [0.3, 0.4) is 0 Å². The molecule has 0 aliphatic heterocycles. The molecule has 2 aromatic heterocycles. The van der Waals surface area contributed by atoms with E-state index in [1.54, 1.807) is 13.1 Å². The quantitative estimate of drug-likeness (QED) is 0.799. The van der Waals surface area contributed by atoms with Crippen LogP contribution in [0.25, 0.3) is 10.9 Å². The van der Waals surface area contributed by atoms with Crippen molar-refractivity contribution < 1.29 is 9.13 Å². The van der Waals surface area contributed by atoms with Crippen molar-refractivity contribution in [3.63, 3.8) is 0 Å². The van der Waals surface area contributed by atoms with Gasteiger partial charge >= 0.3 is 0 Å². The first kappa shape index (κ1) is 13.2. The lowest BCUT2D eigenvalue weighted by molar-refractivity contribution is 0.424. The van der Waals surface area contributed by atoms with Gasteiger partial charge in [-0.2, -0.15) is 9.37 Å². The van der Waals surface area contributed by atoms with Gasteiger partial charge in [0.25, 0.3) is 5.88 Å². The van der Waals surface area contributed by atoms with Crippen LogP contribution in [-0.2, 0) is 0 Å². The Balaban J connectivity index is 2.08. The summed E-state index contributed by atoms with van der Waals surface area (Å²) in [5.74, 6) is -0.0181. The van der Waals surface area contributed by atoms with Crippen LogP contribution in [0.1, 0.15) is 5.69 Å². The minimum atomic E-state index is -0.626. The van der Waals surface area contributed by atoms with Crippen LogP contribution in [0.15, 0.2) is 36.5 Å². The minimum Gasteiger partial charge on any atom is -0.434 e. The monoisotopic (exact) mass is 284 g/mol. The van der Waals surface area contributed by atoms with Crippen molar-refractivity contribution in [3.8, 4) is 11.6 Å². The summed E-state index contributed by atoms with van der Waals surface area (Å²) in [5.41, 5.74) is 1.53. The first-order valence-electron chi connectivity index (χ1n) is 6.42. The van der Waals surface area contributed by atoms with E-state index in [-0.39, 0.29) is 11.8 Å². The Hall–Kier alpha value is -2.76. The maximum Gasteiger partial charge on any atom is 0.260 e. The number of benzene rings is 1. The highest BCUT2D eigenvalue weighted by Gasteiger charge is 2.11. The summed E-state index contributed by atoms with van der Waals surface area (Å²) in [6, 6.07) is 9.34. The van der Waals surface area contributed by atoms with Gasteiger partial charge in [-0.15, -0.1) is 0 Å². The number of hydrogen-bond acceptors (Lipinski definition) is 5. The van der Waals surface area contributed by atoms with Gasteiger partial charge in [-0.1, -0.05) is 18.2 Å². The average molecular weight is 284 g/mol. The summed E-state index contributed by atoms with van der Waals surface area (Å²) in [5, 5.41) is 3.66. The molecule has 6 heteroatoms. The van der Waals surface area contributed by atoms with Gasteiger partial charge in [-0.3, -0.25) is 0 Å². The molecule has 0 spiro atoms. The fourth-order valence-electron chi connectivity index (χ4n) is 1.95. The molecule has 1 aromatic carbocycles. The van der Waals surface area contributed by atoms with Crippen molar-refractivity contribution in [2.24, 2.45) is 0 Å². The molecule has 0 fully saturated rings. The van der Waals surface area contributed by atoms with Gasteiger partial charge in [0.1, 0.15) is 5.52 Å². The predicted molar refractivity (Wildman–Crippen MR) is 78.1 cm³/mol.